The van der Waals surface area contributed by atoms with Gasteiger partial charge in [0.2, 0.25) is 0 Å². The summed E-state index contributed by atoms with van der Waals surface area (Å²) >= 11 is 0. The third-order valence-electron chi connectivity index (χ3n) is 6.34. The molecule has 1 aromatic carbocycles. The molecule has 1 unspecified atom stereocenters. The van der Waals surface area contributed by atoms with Crippen molar-refractivity contribution in [2.45, 2.75) is 45.3 Å². The van der Waals surface area contributed by atoms with Crippen LogP contribution in [0.15, 0.2) is 42.7 Å². The van der Waals surface area contributed by atoms with Gasteiger partial charge in [-0.3, -0.25) is 4.79 Å². The monoisotopic (exact) mass is 463 g/mol. The molecule has 2 aliphatic rings. The second-order valence-electron chi connectivity index (χ2n) is 9.11. The van der Waals surface area contributed by atoms with Crippen LogP contribution in [0.5, 0.6) is 0 Å². The van der Waals surface area contributed by atoms with Gasteiger partial charge in [0.1, 0.15) is 17.1 Å². The normalized spacial score (nSPS) is 19.9. The number of amides is 1. The number of hydrogen-bond acceptors (Lipinski definition) is 5. The number of rotatable bonds is 3. The lowest BCUT2D eigenvalue weighted by Gasteiger charge is -2.32. The molecule has 1 N–H and O–H groups in total. The average Bonchev–Trinajstić information content (AvgIpc) is 3.39. The van der Waals surface area contributed by atoms with Crippen LogP contribution in [0.1, 0.15) is 53.9 Å². The van der Waals surface area contributed by atoms with Crippen molar-refractivity contribution >= 4 is 28.5 Å². The van der Waals surface area contributed by atoms with Gasteiger partial charge in [0.05, 0.1) is 23.9 Å². The molecule has 7 nitrogen and oxygen atoms in total. The van der Waals surface area contributed by atoms with Crippen molar-refractivity contribution < 1.29 is 23.5 Å². The maximum Gasteiger partial charge on any atom is 0.342 e. The van der Waals surface area contributed by atoms with Gasteiger partial charge in [-0.05, 0) is 69.5 Å². The van der Waals surface area contributed by atoms with E-state index in [0.29, 0.717) is 35.5 Å². The Morgan fingerprint density at radius 2 is 2.12 bits per heavy atom. The molecule has 0 aliphatic carbocycles. The number of carbonyl (C=O) groups is 2. The summed E-state index contributed by atoms with van der Waals surface area (Å²) in [6.07, 6.45) is 4.35. The van der Waals surface area contributed by atoms with E-state index in [1.165, 1.54) is 29.3 Å². The third-order valence-corrected chi connectivity index (χ3v) is 6.34. The van der Waals surface area contributed by atoms with Crippen molar-refractivity contribution in [2.75, 3.05) is 13.2 Å². The molecule has 5 rings (SSSR count). The van der Waals surface area contributed by atoms with E-state index in [1.807, 2.05) is 12.1 Å². The first kappa shape index (κ1) is 22.3. The number of aromatic nitrogens is 2. The van der Waals surface area contributed by atoms with Gasteiger partial charge in [-0.1, -0.05) is 0 Å². The fourth-order valence-electron chi connectivity index (χ4n) is 4.84. The highest BCUT2D eigenvalue weighted by atomic mass is 19.1. The molecular weight excluding hydrogens is 437 g/mol. The Kier molecular flexibility index (Phi) is 5.48. The van der Waals surface area contributed by atoms with Crippen LogP contribution < -0.4 is 0 Å². The van der Waals surface area contributed by atoms with Crippen LogP contribution in [0.4, 0.5) is 4.39 Å². The number of halogens is 1. The van der Waals surface area contributed by atoms with Crippen LogP contribution in [0.2, 0.25) is 0 Å². The van der Waals surface area contributed by atoms with Crippen LogP contribution in [0.25, 0.3) is 16.6 Å². The van der Waals surface area contributed by atoms with Crippen molar-refractivity contribution in [1.29, 1.82) is 0 Å². The van der Waals surface area contributed by atoms with Crippen molar-refractivity contribution in [3.8, 4) is 0 Å². The quantitative estimate of drug-likeness (QED) is 0.580. The molecule has 2 aromatic heterocycles. The minimum atomic E-state index is -0.822. The second-order valence-corrected chi connectivity index (χ2v) is 9.11. The standard InChI is InChI=1S/C26H26FN3O4/c1-15(2)34-25(32)19-13-30(24(31)17-7-8-20(27)16(3)12-17)14-26(9-5-11-33-26)21-18-6-4-10-28-23(18)29-22(19)21/h4,6-8,10,12-13,15H,5,9,11,14H2,1-3H3,(H,28,29). The number of hydrogen-bond donors (Lipinski definition) is 1. The van der Waals surface area contributed by atoms with Gasteiger partial charge >= 0.3 is 5.97 Å². The predicted molar refractivity (Wildman–Crippen MR) is 124 cm³/mol. The Morgan fingerprint density at radius 3 is 2.82 bits per heavy atom. The number of ether oxygens (including phenoxy) is 2. The molecule has 1 amide bonds. The molecule has 1 saturated heterocycles. The zero-order valence-electron chi connectivity index (χ0n) is 19.4. The summed E-state index contributed by atoms with van der Waals surface area (Å²) in [5.74, 6) is -1.28. The van der Waals surface area contributed by atoms with Gasteiger partial charge in [0.25, 0.3) is 5.91 Å². The van der Waals surface area contributed by atoms with Crippen LogP contribution in [-0.2, 0) is 19.9 Å². The lowest BCUT2D eigenvalue weighted by atomic mass is 9.87. The highest BCUT2D eigenvalue weighted by Gasteiger charge is 2.46. The summed E-state index contributed by atoms with van der Waals surface area (Å²) in [4.78, 5) is 36.1. The summed E-state index contributed by atoms with van der Waals surface area (Å²) < 4.78 is 25.7. The van der Waals surface area contributed by atoms with E-state index in [2.05, 4.69) is 9.97 Å². The smallest absolute Gasteiger partial charge is 0.342 e. The number of esters is 1. The van der Waals surface area contributed by atoms with Crippen LogP contribution >= 0.6 is 0 Å². The molecule has 0 bridgehead atoms. The Morgan fingerprint density at radius 1 is 1.29 bits per heavy atom. The number of H-pyrrole nitrogens is 1. The zero-order chi connectivity index (χ0) is 24.0. The number of nitrogens with zero attached hydrogens (tertiary/aromatic N) is 2. The summed E-state index contributed by atoms with van der Waals surface area (Å²) in [5.41, 5.74) is 2.10. The molecule has 1 fully saturated rings. The number of pyridine rings is 1. The van der Waals surface area contributed by atoms with Crippen LogP contribution in [0, 0.1) is 12.7 Å². The number of carbonyl (C=O) groups excluding carboxylic acids is 2. The fraction of sp³-hybridized carbons (Fsp3) is 0.346. The van der Waals surface area contributed by atoms with E-state index >= 15 is 0 Å². The summed E-state index contributed by atoms with van der Waals surface area (Å²) in [7, 11) is 0. The number of aromatic amines is 1. The highest BCUT2D eigenvalue weighted by molar-refractivity contribution is 6.18. The summed E-state index contributed by atoms with van der Waals surface area (Å²) in [5, 5.41) is 0.842. The van der Waals surface area contributed by atoms with E-state index in [-0.39, 0.29) is 29.9 Å². The van der Waals surface area contributed by atoms with E-state index < -0.39 is 11.6 Å². The maximum absolute atomic E-state index is 13.9. The molecule has 1 spiro atoms. The first-order chi connectivity index (χ1) is 16.3. The zero-order valence-corrected chi connectivity index (χ0v) is 19.4. The largest absolute Gasteiger partial charge is 0.459 e. The van der Waals surface area contributed by atoms with Gasteiger partial charge in [0, 0.05) is 35.5 Å². The third kappa shape index (κ3) is 3.68. The van der Waals surface area contributed by atoms with Crippen molar-refractivity contribution in [2.24, 2.45) is 0 Å². The van der Waals surface area contributed by atoms with Crippen molar-refractivity contribution in [1.82, 2.24) is 14.9 Å². The first-order valence-electron chi connectivity index (χ1n) is 11.4. The maximum atomic E-state index is 13.9. The summed E-state index contributed by atoms with van der Waals surface area (Å²) in [6, 6.07) is 8.03. The topological polar surface area (TPSA) is 84.5 Å². The first-order valence-corrected chi connectivity index (χ1v) is 11.4. The number of benzene rings is 1. The van der Waals surface area contributed by atoms with E-state index in [9.17, 15) is 14.0 Å². The van der Waals surface area contributed by atoms with Crippen molar-refractivity contribution in [3.63, 3.8) is 0 Å². The summed E-state index contributed by atoms with van der Waals surface area (Å²) in [6.45, 7) is 5.90. The number of aryl methyl sites for hydroxylation is 1. The Bertz CT molecular complexity index is 1320. The molecule has 8 heteroatoms. The van der Waals surface area contributed by atoms with Crippen LogP contribution in [0.3, 0.4) is 0 Å². The minimum Gasteiger partial charge on any atom is -0.459 e. The second kappa shape index (κ2) is 8.36. The predicted octanol–water partition coefficient (Wildman–Crippen LogP) is 4.46. The molecule has 0 radical (unpaired) electrons. The molecule has 4 heterocycles. The molecular formula is C26H26FN3O4. The van der Waals surface area contributed by atoms with E-state index in [1.54, 1.807) is 27.0 Å². The van der Waals surface area contributed by atoms with Crippen molar-refractivity contribution in [3.05, 3.63) is 70.9 Å². The van der Waals surface area contributed by atoms with Gasteiger partial charge in [-0.15, -0.1) is 0 Å². The molecule has 34 heavy (non-hydrogen) atoms. The molecule has 1 atom stereocenters. The Labute approximate surface area is 196 Å². The Hall–Kier alpha value is -3.52. The number of fused-ring (bicyclic) bond motifs is 4. The lowest BCUT2D eigenvalue weighted by Crippen LogP contribution is -2.40. The SMILES string of the molecule is Cc1cc(C(=O)N2C=C(C(=O)OC(C)C)c3[nH]c4ncccc4c3C3(CCCO3)C2)ccc1F. The van der Waals surface area contributed by atoms with Gasteiger partial charge in [-0.2, -0.15) is 0 Å². The fourth-order valence-corrected chi connectivity index (χ4v) is 4.84. The van der Waals surface area contributed by atoms with E-state index in [4.69, 9.17) is 9.47 Å². The molecule has 0 saturated carbocycles. The molecule has 2 aliphatic heterocycles. The van der Waals surface area contributed by atoms with Gasteiger partial charge < -0.3 is 19.4 Å². The van der Waals surface area contributed by atoms with Gasteiger partial charge in [-0.25, -0.2) is 14.2 Å². The molecule has 176 valence electrons. The van der Waals surface area contributed by atoms with Crippen LogP contribution in [-0.4, -0.2) is 46.0 Å². The lowest BCUT2D eigenvalue weighted by molar-refractivity contribution is -0.140. The number of nitrogens with one attached hydrogen (secondary N) is 1. The molecule has 3 aromatic rings. The van der Waals surface area contributed by atoms with E-state index in [0.717, 1.165) is 17.4 Å². The Balaban J connectivity index is 1.70. The minimum absolute atomic E-state index is 0.204. The van der Waals surface area contributed by atoms with Gasteiger partial charge in [0.15, 0.2) is 0 Å². The average molecular weight is 464 g/mol. The highest BCUT2D eigenvalue weighted by Crippen LogP contribution is 2.46.